The van der Waals surface area contributed by atoms with Crippen molar-refractivity contribution in [2.75, 3.05) is 13.1 Å². The zero-order valence-corrected chi connectivity index (χ0v) is 11.2. The van der Waals surface area contributed by atoms with Crippen LogP contribution < -0.4 is 11.1 Å². The molecule has 2 heteroatoms. The summed E-state index contributed by atoms with van der Waals surface area (Å²) < 4.78 is 0. The topological polar surface area (TPSA) is 38.0 Å². The third kappa shape index (κ3) is 4.84. The van der Waals surface area contributed by atoms with Gasteiger partial charge >= 0.3 is 0 Å². The molecule has 0 aromatic heterocycles. The summed E-state index contributed by atoms with van der Waals surface area (Å²) >= 11 is 0. The minimum absolute atomic E-state index is 0.222. The van der Waals surface area contributed by atoms with E-state index in [-0.39, 0.29) is 5.54 Å². The molecule has 1 unspecified atom stereocenters. The monoisotopic (exact) mass is 226 g/mol. The summed E-state index contributed by atoms with van der Waals surface area (Å²) in [5.41, 5.74) is 6.17. The smallest absolute Gasteiger partial charge is 0.0301 e. The van der Waals surface area contributed by atoms with Gasteiger partial charge < -0.3 is 11.1 Å². The first kappa shape index (κ1) is 14.0. The Hall–Kier alpha value is -0.0800. The van der Waals surface area contributed by atoms with Crippen LogP contribution in [-0.4, -0.2) is 18.6 Å². The Morgan fingerprint density at radius 1 is 1.25 bits per heavy atom. The molecule has 0 radical (unpaired) electrons. The Bertz CT molecular complexity index is 172. The lowest BCUT2D eigenvalue weighted by Crippen LogP contribution is -2.51. The third-order valence-corrected chi connectivity index (χ3v) is 4.06. The van der Waals surface area contributed by atoms with Gasteiger partial charge in [-0.3, -0.25) is 0 Å². The minimum atomic E-state index is 0.222. The minimum Gasteiger partial charge on any atom is -0.329 e. The van der Waals surface area contributed by atoms with Gasteiger partial charge in [-0.15, -0.1) is 0 Å². The van der Waals surface area contributed by atoms with Gasteiger partial charge in [0.05, 0.1) is 0 Å². The SMILES string of the molecule is CCCCC(CC)(CN)NCCCC1CC1. The lowest BCUT2D eigenvalue weighted by Gasteiger charge is -2.33. The predicted molar refractivity (Wildman–Crippen MR) is 71.6 cm³/mol. The van der Waals surface area contributed by atoms with Gasteiger partial charge in [0.25, 0.3) is 0 Å². The van der Waals surface area contributed by atoms with Gasteiger partial charge in [0.1, 0.15) is 0 Å². The Labute approximate surface area is 101 Å². The van der Waals surface area contributed by atoms with Crippen molar-refractivity contribution in [1.29, 1.82) is 0 Å². The molecule has 0 amide bonds. The number of rotatable bonds is 10. The van der Waals surface area contributed by atoms with Crippen molar-refractivity contribution >= 4 is 0 Å². The van der Waals surface area contributed by atoms with Crippen LogP contribution in [0.4, 0.5) is 0 Å². The highest BCUT2D eigenvalue weighted by Gasteiger charge is 2.25. The molecule has 0 aromatic carbocycles. The standard InChI is InChI=1S/C14H30N2/c1-3-5-10-14(4-2,12-15)16-11-6-7-13-8-9-13/h13,16H,3-12,15H2,1-2H3. The molecule has 1 fully saturated rings. The van der Waals surface area contributed by atoms with Crippen molar-refractivity contribution in [3.05, 3.63) is 0 Å². The molecule has 96 valence electrons. The van der Waals surface area contributed by atoms with Crippen LogP contribution in [0, 0.1) is 5.92 Å². The maximum absolute atomic E-state index is 5.95. The van der Waals surface area contributed by atoms with E-state index in [1.807, 2.05) is 0 Å². The molecule has 0 heterocycles. The Balaban J connectivity index is 2.18. The summed E-state index contributed by atoms with van der Waals surface area (Å²) in [6, 6.07) is 0. The van der Waals surface area contributed by atoms with Gasteiger partial charge in [0.15, 0.2) is 0 Å². The predicted octanol–water partition coefficient (Wildman–Crippen LogP) is 3.06. The molecule has 0 saturated heterocycles. The first-order chi connectivity index (χ1) is 7.76. The van der Waals surface area contributed by atoms with Crippen LogP contribution in [0.2, 0.25) is 0 Å². The molecule has 1 aliphatic rings. The Kier molecular flexibility index (Phi) is 6.37. The molecule has 0 spiro atoms. The summed E-state index contributed by atoms with van der Waals surface area (Å²) in [4.78, 5) is 0. The van der Waals surface area contributed by atoms with E-state index in [0.717, 1.165) is 25.4 Å². The van der Waals surface area contributed by atoms with E-state index >= 15 is 0 Å². The second-order valence-electron chi connectivity index (χ2n) is 5.45. The van der Waals surface area contributed by atoms with Crippen molar-refractivity contribution < 1.29 is 0 Å². The number of nitrogens with one attached hydrogen (secondary N) is 1. The van der Waals surface area contributed by atoms with Crippen molar-refractivity contribution in [1.82, 2.24) is 5.32 Å². The van der Waals surface area contributed by atoms with Crippen LogP contribution in [0.3, 0.4) is 0 Å². The highest BCUT2D eigenvalue weighted by atomic mass is 15.0. The van der Waals surface area contributed by atoms with E-state index in [4.69, 9.17) is 5.73 Å². The zero-order valence-electron chi connectivity index (χ0n) is 11.2. The van der Waals surface area contributed by atoms with Crippen LogP contribution in [0.5, 0.6) is 0 Å². The second kappa shape index (κ2) is 7.29. The number of hydrogen-bond donors (Lipinski definition) is 2. The zero-order chi connectivity index (χ0) is 11.9. The normalized spacial score (nSPS) is 19.7. The fourth-order valence-corrected chi connectivity index (χ4v) is 2.37. The maximum Gasteiger partial charge on any atom is 0.0301 e. The summed E-state index contributed by atoms with van der Waals surface area (Å²) in [5, 5.41) is 3.73. The number of nitrogens with two attached hydrogens (primary N) is 1. The molecule has 0 bridgehead atoms. The summed E-state index contributed by atoms with van der Waals surface area (Å²) in [5.74, 6) is 1.06. The number of hydrogen-bond acceptors (Lipinski definition) is 2. The van der Waals surface area contributed by atoms with Gasteiger partial charge in [-0.25, -0.2) is 0 Å². The van der Waals surface area contributed by atoms with Crippen molar-refractivity contribution in [3.63, 3.8) is 0 Å². The summed E-state index contributed by atoms with van der Waals surface area (Å²) in [6.45, 7) is 6.46. The molecule has 1 rings (SSSR count). The van der Waals surface area contributed by atoms with Crippen LogP contribution in [0.15, 0.2) is 0 Å². The average Bonchev–Trinajstić information content (AvgIpc) is 3.13. The van der Waals surface area contributed by atoms with Gasteiger partial charge in [0, 0.05) is 12.1 Å². The Morgan fingerprint density at radius 3 is 2.50 bits per heavy atom. The maximum atomic E-state index is 5.95. The van der Waals surface area contributed by atoms with E-state index < -0.39 is 0 Å². The number of unbranched alkanes of at least 4 members (excludes halogenated alkanes) is 1. The first-order valence-electron chi connectivity index (χ1n) is 7.21. The average molecular weight is 226 g/mol. The molecule has 0 aliphatic heterocycles. The molecule has 0 aromatic rings. The molecule has 1 saturated carbocycles. The molecule has 1 aliphatic carbocycles. The molecule has 1 atom stereocenters. The molecule has 16 heavy (non-hydrogen) atoms. The van der Waals surface area contributed by atoms with E-state index in [2.05, 4.69) is 19.2 Å². The highest BCUT2D eigenvalue weighted by molar-refractivity contribution is 4.87. The van der Waals surface area contributed by atoms with E-state index in [1.54, 1.807) is 0 Å². The van der Waals surface area contributed by atoms with Gasteiger partial charge in [-0.1, -0.05) is 39.5 Å². The second-order valence-corrected chi connectivity index (χ2v) is 5.45. The van der Waals surface area contributed by atoms with Crippen LogP contribution in [0.1, 0.15) is 65.2 Å². The van der Waals surface area contributed by atoms with Crippen LogP contribution in [-0.2, 0) is 0 Å². The summed E-state index contributed by atoms with van der Waals surface area (Å²) in [7, 11) is 0. The van der Waals surface area contributed by atoms with Gasteiger partial charge in [-0.05, 0) is 38.1 Å². The highest BCUT2D eigenvalue weighted by Crippen LogP contribution is 2.33. The molecule has 2 nitrogen and oxygen atoms in total. The summed E-state index contributed by atoms with van der Waals surface area (Å²) in [6.07, 6.45) is 10.7. The first-order valence-corrected chi connectivity index (χ1v) is 7.21. The molecular weight excluding hydrogens is 196 g/mol. The largest absolute Gasteiger partial charge is 0.329 e. The van der Waals surface area contributed by atoms with E-state index in [1.165, 1.54) is 44.9 Å². The molecular formula is C14H30N2. The lowest BCUT2D eigenvalue weighted by molar-refractivity contribution is 0.288. The fraction of sp³-hybridized carbons (Fsp3) is 1.00. The lowest BCUT2D eigenvalue weighted by atomic mass is 9.89. The quantitative estimate of drug-likeness (QED) is 0.562. The van der Waals surface area contributed by atoms with E-state index in [9.17, 15) is 0 Å². The Morgan fingerprint density at radius 2 is 2.00 bits per heavy atom. The van der Waals surface area contributed by atoms with Crippen LogP contribution in [0.25, 0.3) is 0 Å². The molecule has 3 N–H and O–H groups in total. The van der Waals surface area contributed by atoms with Crippen molar-refractivity contribution in [3.8, 4) is 0 Å². The van der Waals surface area contributed by atoms with Crippen LogP contribution >= 0.6 is 0 Å². The fourth-order valence-electron chi connectivity index (χ4n) is 2.37. The van der Waals surface area contributed by atoms with Crippen molar-refractivity contribution in [2.24, 2.45) is 11.7 Å². The van der Waals surface area contributed by atoms with Gasteiger partial charge in [-0.2, -0.15) is 0 Å². The van der Waals surface area contributed by atoms with Crippen molar-refractivity contribution in [2.45, 2.75) is 70.8 Å². The van der Waals surface area contributed by atoms with E-state index in [0.29, 0.717) is 0 Å². The third-order valence-electron chi connectivity index (χ3n) is 4.06. The van der Waals surface area contributed by atoms with Gasteiger partial charge in [0.2, 0.25) is 0 Å².